The highest BCUT2D eigenvalue weighted by Crippen LogP contribution is 2.12. The SMILES string of the molecule is CC(NC(=O)c1ccccc1)C(=O)N(C)Cc1cccc(Cl)c1. The molecule has 2 rings (SSSR count). The van der Waals surface area contributed by atoms with E-state index in [-0.39, 0.29) is 11.8 Å². The zero-order chi connectivity index (χ0) is 16.8. The van der Waals surface area contributed by atoms with Gasteiger partial charge in [0.15, 0.2) is 0 Å². The van der Waals surface area contributed by atoms with Crippen molar-refractivity contribution >= 4 is 23.4 Å². The summed E-state index contributed by atoms with van der Waals surface area (Å²) in [6.07, 6.45) is 0. The summed E-state index contributed by atoms with van der Waals surface area (Å²) >= 11 is 5.95. The first kappa shape index (κ1) is 17.0. The Kier molecular flexibility index (Phi) is 5.77. The van der Waals surface area contributed by atoms with E-state index < -0.39 is 6.04 Å². The number of nitrogens with zero attached hydrogens (tertiary/aromatic N) is 1. The highest BCUT2D eigenvalue weighted by atomic mass is 35.5. The summed E-state index contributed by atoms with van der Waals surface area (Å²) in [6.45, 7) is 2.11. The van der Waals surface area contributed by atoms with Gasteiger partial charge in [0.1, 0.15) is 6.04 Å². The number of hydrogen-bond donors (Lipinski definition) is 1. The minimum Gasteiger partial charge on any atom is -0.341 e. The van der Waals surface area contributed by atoms with Gasteiger partial charge in [0.25, 0.3) is 5.91 Å². The molecule has 2 aromatic carbocycles. The van der Waals surface area contributed by atoms with Crippen molar-refractivity contribution in [2.45, 2.75) is 19.5 Å². The van der Waals surface area contributed by atoms with E-state index in [9.17, 15) is 9.59 Å². The lowest BCUT2D eigenvalue weighted by Crippen LogP contribution is -2.45. The molecule has 2 aromatic rings. The average Bonchev–Trinajstić information content (AvgIpc) is 2.54. The molecule has 1 N–H and O–H groups in total. The van der Waals surface area contributed by atoms with Crippen molar-refractivity contribution in [1.29, 1.82) is 0 Å². The lowest BCUT2D eigenvalue weighted by atomic mass is 10.2. The number of halogens is 1. The summed E-state index contributed by atoms with van der Waals surface area (Å²) < 4.78 is 0. The Morgan fingerprint density at radius 2 is 1.83 bits per heavy atom. The third-order valence-electron chi connectivity index (χ3n) is 3.44. The molecule has 120 valence electrons. The highest BCUT2D eigenvalue weighted by molar-refractivity contribution is 6.30. The fourth-order valence-corrected chi connectivity index (χ4v) is 2.46. The number of rotatable bonds is 5. The number of nitrogens with one attached hydrogen (secondary N) is 1. The topological polar surface area (TPSA) is 49.4 Å². The molecule has 0 bridgehead atoms. The van der Waals surface area contributed by atoms with Crippen LogP contribution in [0.25, 0.3) is 0 Å². The van der Waals surface area contributed by atoms with Gasteiger partial charge in [-0.25, -0.2) is 0 Å². The van der Waals surface area contributed by atoms with Crippen LogP contribution in [0, 0.1) is 0 Å². The van der Waals surface area contributed by atoms with Crippen LogP contribution in [-0.2, 0) is 11.3 Å². The lowest BCUT2D eigenvalue weighted by Gasteiger charge is -2.22. The minimum atomic E-state index is -0.605. The monoisotopic (exact) mass is 330 g/mol. The standard InChI is InChI=1S/C18H19ClN2O2/c1-13(20-17(22)15-8-4-3-5-9-15)18(23)21(2)12-14-7-6-10-16(19)11-14/h3-11,13H,12H2,1-2H3,(H,20,22). The summed E-state index contributed by atoms with van der Waals surface area (Å²) in [4.78, 5) is 26.0. The Labute approximate surface area is 141 Å². The summed E-state index contributed by atoms with van der Waals surface area (Å²) in [5.41, 5.74) is 1.47. The number of carbonyl (C=O) groups is 2. The van der Waals surface area contributed by atoms with Crippen LogP contribution < -0.4 is 5.32 Å². The maximum Gasteiger partial charge on any atom is 0.251 e. The van der Waals surface area contributed by atoms with Gasteiger partial charge in [0.05, 0.1) is 0 Å². The zero-order valence-electron chi connectivity index (χ0n) is 13.1. The molecule has 23 heavy (non-hydrogen) atoms. The molecule has 0 fully saturated rings. The highest BCUT2D eigenvalue weighted by Gasteiger charge is 2.20. The van der Waals surface area contributed by atoms with Crippen molar-refractivity contribution in [2.75, 3.05) is 7.05 Å². The van der Waals surface area contributed by atoms with Crippen LogP contribution >= 0.6 is 11.6 Å². The molecular formula is C18H19ClN2O2. The Hall–Kier alpha value is -2.33. The number of likely N-dealkylation sites (N-methyl/N-ethyl adjacent to an activating group) is 1. The van der Waals surface area contributed by atoms with E-state index in [1.54, 1.807) is 49.2 Å². The first-order chi connectivity index (χ1) is 11.0. The minimum absolute atomic E-state index is 0.158. The molecule has 1 unspecified atom stereocenters. The van der Waals surface area contributed by atoms with Crippen LogP contribution in [0.5, 0.6) is 0 Å². The molecule has 0 heterocycles. The zero-order valence-corrected chi connectivity index (χ0v) is 13.9. The van der Waals surface area contributed by atoms with Crippen LogP contribution in [0.2, 0.25) is 5.02 Å². The van der Waals surface area contributed by atoms with Crippen molar-refractivity contribution in [3.8, 4) is 0 Å². The third-order valence-corrected chi connectivity index (χ3v) is 3.67. The first-order valence-electron chi connectivity index (χ1n) is 7.32. The van der Waals surface area contributed by atoms with Gasteiger partial charge in [-0.1, -0.05) is 41.9 Å². The van der Waals surface area contributed by atoms with E-state index in [4.69, 9.17) is 11.6 Å². The predicted octanol–water partition coefficient (Wildman–Crippen LogP) is 3.12. The molecule has 0 aliphatic rings. The van der Waals surface area contributed by atoms with E-state index in [1.165, 1.54) is 0 Å². The second kappa shape index (κ2) is 7.79. The molecule has 5 heteroatoms. The van der Waals surface area contributed by atoms with E-state index >= 15 is 0 Å². The van der Waals surface area contributed by atoms with Crippen LogP contribution in [-0.4, -0.2) is 29.8 Å². The maximum atomic E-state index is 12.4. The van der Waals surface area contributed by atoms with Gasteiger partial charge in [-0.05, 0) is 36.8 Å². The van der Waals surface area contributed by atoms with Gasteiger partial charge < -0.3 is 10.2 Å². The number of hydrogen-bond acceptors (Lipinski definition) is 2. The molecule has 0 aromatic heterocycles. The van der Waals surface area contributed by atoms with Gasteiger partial charge in [0.2, 0.25) is 5.91 Å². The Bertz CT molecular complexity index is 688. The number of amides is 2. The van der Waals surface area contributed by atoms with Crippen LogP contribution in [0.4, 0.5) is 0 Å². The van der Waals surface area contributed by atoms with Crippen LogP contribution in [0.1, 0.15) is 22.8 Å². The van der Waals surface area contributed by atoms with Gasteiger partial charge in [-0.15, -0.1) is 0 Å². The van der Waals surface area contributed by atoms with Gasteiger partial charge in [0, 0.05) is 24.2 Å². The van der Waals surface area contributed by atoms with Gasteiger partial charge >= 0.3 is 0 Å². The molecule has 0 aliphatic carbocycles. The molecule has 0 saturated heterocycles. The van der Waals surface area contributed by atoms with E-state index in [2.05, 4.69) is 5.32 Å². The Morgan fingerprint density at radius 3 is 2.48 bits per heavy atom. The van der Waals surface area contributed by atoms with Crippen molar-refractivity contribution in [3.63, 3.8) is 0 Å². The maximum absolute atomic E-state index is 12.4. The van der Waals surface area contributed by atoms with Gasteiger partial charge in [-0.2, -0.15) is 0 Å². The molecule has 2 amide bonds. The number of carbonyl (C=O) groups excluding carboxylic acids is 2. The fraction of sp³-hybridized carbons (Fsp3) is 0.222. The number of benzene rings is 2. The lowest BCUT2D eigenvalue weighted by molar-refractivity contribution is -0.132. The Morgan fingerprint density at radius 1 is 1.13 bits per heavy atom. The summed E-state index contributed by atoms with van der Waals surface area (Å²) in [7, 11) is 1.70. The molecule has 1 atom stereocenters. The fourth-order valence-electron chi connectivity index (χ4n) is 2.25. The summed E-state index contributed by atoms with van der Waals surface area (Å²) in [5.74, 6) is -0.420. The first-order valence-corrected chi connectivity index (χ1v) is 7.70. The van der Waals surface area contributed by atoms with E-state index in [1.807, 2.05) is 24.3 Å². The van der Waals surface area contributed by atoms with Crippen molar-refractivity contribution in [1.82, 2.24) is 10.2 Å². The molecule has 0 aliphatic heterocycles. The van der Waals surface area contributed by atoms with Crippen molar-refractivity contribution in [2.24, 2.45) is 0 Å². The normalized spacial score (nSPS) is 11.6. The van der Waals surface area contributed by atoms with Crippen molar-refractivity contribution in [3.05, 3.63) is 70.7 Å². The van der Waals surface area contributed by atoms with E-state index in [0.29, 0.717) is 17.1 Å². The van der Waals surface area contributed by atoms with Gasteiger partial charge in [-0.3, -0.25) is 9.59 Å². The second-order valence-electron chi connectivity index (χ2n) is 5.39. The quantitative estimate of drug-likeness (QED) is 0.915. The molecular weight excluding hydrogens is 312 g/mol. The second-order valence-corrected chi connectivity index (χ2v) is 5.82. The third kappa shape index (κ3) is 4.83. The van der Waals surface area contributed by atoms with Crippen LogP contribution in [0.15, 0.2) is 54.6 Å². The van der Waals surface area contributed by atoms with Crippen molar-refractivity contribution < 1.29 is 9.59 Å². The smallest absolute Gasteiger partial charge is 0.251 e. The molecule has 0 radical (unpaired) electrons. The molecule has 0 spiro atoms. The molecule has 4 nitrogen and oxygen atoms in total. The average molecular weight is 331 g/mol. The van der Waals surface area contributed by atoms with Crippen LogP contribution in [0.3, 0.4) is 0 Å². The van der Waals surface area contributed by atoms with E-state index in [0.717, 1.165) is 5.56 Å². The summed E-state index contributed by atoms with van der Waals surface area (Å²) in [6, 6.07) is 15.6. The predicted molar refractivity (Wildman–Crippen MR) is 91.3 cm³/mol. The summed E-state index contributed by atoms with van der Waals surface area (Å²) in [5, 5.41) is 3.35. The Balaban J connectivity index is 1.95. The largest absolute Gasteiger partial charge is 0.341 e. The molecule has 0 saturated carbocycles.